The first-order valence-corrected chi connectivity index (χ1v) is 11.9. The van der Waals surface area contributed by atoms with Gasteiger partial charge in [-0.2, -0.15) is 0 Å². The predicted molar refractivity (Wildman–Crippen MR) is 139 cm³/mol. The Hall–Kier alpha value is -3.98. The van der Waals surface area contributed by atoms with Gasteiger partial charge in [0, 0.05) is 31.2 Å². The van der Waals surface area contributed by atoms with Crippen molar-refractivity contribution in [2.45, 2.75) is 19.4 Å². The van der Waals surface area contributed by atoms with Crippen LogP contribution in [0.2, 0.25) is 5.02 Å². The number of nitro groups is 1. The van der Waals surface area contributed by atoms with Crippen molar-refractivity contribution < 1.29 is 14.5 Å². The van der Waals surface area contributed by atoms with Gasteiger partial charge in [0.05, 0.1) is 18.5 Å². The largest absolute Gasteiger partial charge is 0.469 e. The van der Waals surface area contributed by atoms with Gasteiger partial charge in [0.15, 0.2) is 0 Å². The molecule has 36 heavy (non-hydrogen) atoms. The number of hydrogen-bond acceptors (Lipinski definition) is 8. The average Bonchev–Trinajstić information content (AvgIpc) is 2.91. The van der Waals surface area contributed by atoms with Gasteiger partial charge in [-0.3, -0.25) is 14.9 Å². The highest BCUT2D eigenvalue weighted by Crippen LogP contribution is 2.37. The van der Waals surface area contributed by atoms with E-state index in [2.05, 4.69) is 16.0 Å². The first-order chi connectivity index (χ1) is 17.5. The van der Waals surface area contributed by atoms with Crippen molar-refractivity contribution in [1.29, 1.82) is 0 Å². The number of carbonyl (C=O) groups is 1. The van der Waals surface area contributed by atoms with E-state index < -0.39 is 10.9 Å². The Morgan fingerprint density at radius 1 is 1.17 bits per heavy atom. The zero-order valence-electron chi connectivity index (χ0n) is 19.8. The molecule has 0 unspecified atom stereocenters. The number of rotatable bonds is 9. The molecule has 0 N–H and O–H groups in total. The van der Waals surface area contributed by atoms with Crippen molar-refractivity contribution in [3.63, 3.8) is 0 Å². The highest BCUT2D eigenvalue weighted by Gasteiger charge is 2.31. The second kappa shape index (κ2) is 11.6. The van der Waals surface area contributed by atoms with E-state index in [1.807, 2.05) is 59.5 Å². The fourth-order valence-corrected chi connectivity index (χ4v) is 4.29. The van der Waals surface area contributed by atoms with Crippen molar-refractivity contribution >= 4 is 40.5 Å². The maximum absolute atomic E-state index is 12.3. The minimum Gasteiger partial charge on any atom is -0.469 e. The van der Waals surface area contributed by atoms with Gasteiger partial charge in [0.25, 0.3) is 0 Å². The highest BCUT2D eigenvalue weighted by atomic mass is 35.5. The molecule has 9 nitrogen and oxygen atoms in total. The van der Waals surface area contributed by atoms with Crippen LogP contribution >= 0.6 is 11.6 Å². The van der Waals surface area contributed by atoms with Crippen molar-refractivity contribution in [1.82, 2.24) is 9.97 Å². The van der Waals surface area contributed by atoms with Crippen molar-refractivity contribution in [2.75, 3.05) is 36.5 Å². The van der Waals surface area contributed by atoms with Crippen LogP contribution in [0.3, 0.4) is 0 Å². The summed E-state index contributed by atoms with van der Waals surface area (Å²) < 4.78 is 4.78. The molecule has 0 radical (unpaired) electrons. The van der Waals surface area contributed by atoms with Crippen LogP contribution in [0.15, 0.2) is 67.0 Å². The van der Waals surface area contributed by atoms with E-state index in [9.17, 15) is 14.9 Å². The highest BCUT2D eigenvalue weighted by molar-refractivity contribution is 6.30. The lowest BCUT2D eigenvalue weighted by Gasteiger charge is -2.29. The quantitative estimate of drug-likeness (QED) is 0.229. The summed E-state index contributed by atoms with van der Waals surface area (Å²) in [5, 5.41) is 13.0. The Labute approximate surface area is 214 Å². The Bertz CT molecular complexity index is 1250. The summed E-state index contributed by atoms with van der Waals surface area (Å²) in [6.07, 6.45) is 4.16. The van der Waals surface area contributed by atoms with E-state index in [1.54, 1.807) is 4.90 Å². The van der Waals surface area contributed by atoms with Crippen LogP contribution in [0, 0.1) is 10.1 Å². The third-order valence-corrected chi connectivity index (χ3v) is 6.27. The van der Waals surface area contributed by atoms with Crippen molar-refractivity contribution in [3.05, 3.63) is 93.3 Å². The van der Waals surface area contributed by atoms with Gasteiger partial charge in [0.2, 0.25) is 11.6 Å². The molecule has 0 saturated heterocycles. The first kappa shape index (κ1) is 25.1. The zero-order valence-corrected chi connectivity index (χ0v) is 20.6. The molecule has 186 valence electrons. The Morgan fingerprint density at radius 2 is 1.92 bits per heavy atom. The van der Waals surface area contributed by atoms with Gasteiger partial charge < -0.3 is 14.5 Å². The Balaban J connectivity index is 1.65. The van der Waals surface area contributed by atoms with Crippen LogP contribution in [0.5, 0.6) is 0 Å². The van der Waals surface area contributed by atoms with Gasteiger partial charge in [-0.15, -0.1) is 0 Å². The van der Waals surface area contributed by atoms with Crippen LogP contribution in [0.4, 0.5) is 17.3 Å². The molecule has 0 fully saturated rings. The molecule has 2 aromatic carbocycles. The number of halogens is 1. The Morgan fingerprint density at radius 3 is 2.56 bits per heavy atom. The van der Waals surface area contributed by atoms with Gasteiger partial charge >= 0.3 is 11.7 Å². The average molecular weight is 508 g/mol. The molecule has 0 spiro atoms. The minimum absolute atomic E-state index is 0.0662. The lowest BCUT2D eigenvalue weighted by atomic mass is 9.99. The molecule has 4 rings (SSSR count). The van der Waals surface area contributed by atoms with E-state index in [0.29, 0.717) is 31.1 Å². The van der Waals surface area contributed by atoms with Gasteiger partial charge in [0.1, 0.15) is 6.33 Å². The Kier molecular flexibility index (Phi) is 8.12. The number of carbonyl (C=O) groups excluding carboxylic acids is 1. The van der Waals surface area contributed by atoms with Crippen LogP contribution in [-0.4, -0.2) is 47.6 Å². The van der Waals surface area contributed by atoms with E-state index >= 15 is 0 Å². The lowest BCUT2D eigenvalue weighted by Crippen LogP contribution is -2.32. The van der Waals surface area contributed by atoms with Gasteiger partial charge in [-0.05, 0) is 35.3 Å². The SMILES string of the molecule is COC(=O)CCN(Cc1ccccc1)c1ncnc(N2CC=C(c3ccc(Cl)cc3)CC2)c1[N+](=O)[O-]. The summed E-state index contributed by atoms with van der Waals surface area (Å²) in [4.78, 5) is 35.9. The summed E-state index contributed by atoms with van der Waals surface area (Å²) >= 11 is 6.00. The van der Waals surface area contributed by atoms with Crippen LogP contribution in [0.1, 0.15) is 24.0 Å². The maximum Gasteiger partial charge on any atom is 0.353 e. The maximum atomic E-state index is 12.3. The van der Waals surface area contributed by atoms with E-state index in [4.69, 9.17) is 16.3 Å². The van der Waals surface area contributed by atoms with Gasteiger partial charge in [-0.25, -0.2) is 9.97 Å². The molecule has 3 aromatic rings. The van der Waals surface area contributed by atoms with Gasteiger partial charge in [-0.1, -0.05) is 60.1 Å². The fourth-order valence-electron chi connectivity index (χ4n) is 4.17. The summed E-state index contributed by atoms with van der Waals surface area (Å²) in [7, 11) is 1.32. The molecule has 0 aliphatic carbocycles. The molecule has 10 heteroatoms. The third-order valence-electron chi connectivity index (χ3n) is 6.02. The summed E-state index contributed by atoms with van der Waals surface area (Å²) in [6.45, 7) is 1.58. The molecule has 0 amide bonds. The molecule has 0 atom stereocenters. The van der Waals surface area contributed by atoms with Crippen molar-refractivity contribution in [3.8, 4) is 0 Å². The number of aromatic nitrogens is 2. The molecule has 1 aliphatic rings. The number of esters is 1. The number of ether oxygens (including phenoxy) is 1. The second-order valence-electron chi connectivity index (χ2n) is 8.29. The van der Waals surface area contributed by atoms with Crippen LogP contribution in [-0.2, 0) is 16.1 Å². The number of anilines is 2. The van der Waals surface area contributed by atoms with E-state index in [-0.39, 0.29) is 30.3 Å². The predicted octanol–water partition coefficient (Wildman–Crippen LogP) is 4.90. The molecule has 2 heterocycles. The lowest BCUT2D eigenvalue weighted by molar-refractivity contribution is -0.383. The normalized spacial score (nSPS) is 13.2. The molecule has 0 saturated carbocycles. The monoisotopic (exact) mass is 507 g/mol. The molecular formula is C26H26ClN5O4. The van der Waals surface area contributed by atoms with Crippen LogP contribution < -0.4 is 9.80 Å². The topological polar surface area (TPSA) is 102 Å². The van der Waals surface area contributed by atoms with E-state index in [1.165, 1.54) is 13.4 Å². The van der Waals surface area contributed by atoms with Crippen molar-refractivity contribution in [2.24, 2.45) is 0 Å². The van der Waals surface area contributed by atoms with Crippen LogP contribution in [0.25, 0.3) is 5.57 Å². The molecule has 1 aromatic heterocycles. The third kappa shape index (κ3) is 5.98. The second-order valence-corrected chi connectivity index (χ2v) is 8.73. The van der Waals surface area contributed by atoms with E-state index in [0.717, 1.165) is 16.7 Å². The number of methoxy groups -OCH3 is 1. The summed E-state index contributed by atoms with van der Waals surface area (Å²) in [5.74, 6) is 0.0265. The summed E-state index contributed by atoms with van der Waals surface area (Å²) in [6, 6.07) is 17.2. The fraction of sp³-hybridized carbons (Fsp3) is 0.269. The number of benzene rings is 2. The minimum atomic E-state index is -0.445. The number of nitrogens with zero attached hydrogens (tertiary/aromatic N) is 5. The molecular weight excluding hydrogens is 482 g/mol. The molecule has 1 aliphatic heterocycles. The summed E-state index contributed by atoms with van der Waals surface area (Å²) in [5.41, 5.74) is 2.99. The molecule has 0 bridgehead atoms. The first-order valence-electron chi connectivity index (χ1n) is 11.5. The zero-order chi connectivity index (χ0) is 25.5. The smallest absolute Gasteiger partial charge is 0.353 e. The standard InChI is InChI=1S/C26H26ClN5O4/c1-36-23(33)13-16-31(17-19-5-3-2-4-6-19)26-24(32(34)35)25(28-18-29-26)30-14-11-21(12-15-30)20-7-9-22(27)10-8-20/h2-11,18H,12-17H2,1H3. The number of hydrogen-bond donors (Lipinski definition) is 0.